The molecule has 0 atom stereocenters. The molecule has 0 fully saturated rings. The van der Waals surface area contributed by atoms with Crippen LogP contribution in [0.15, 0.2) is 18.2 Å². The van der Waals surface area contributed by atoms with Crippen molar-refractivity contribution >= 4 is 44.4 Å². The molecule has 0 radical (unpaired) electrons. The lowest BCUT2D eigenvalue weighted by Gasteiger charge is -2.16. The number of aromatic nitrogens is 1. The van der Waals surface area contributed by atoms with Gasteiger partial charge in [-0.1, -0.05) is 44.2 Å². The molecule has 19 heavy (non-hydrogen) atoms. The minimum Gasteiger partial charge on any atom is -0.301 e. The molecule has 0 spiro atoms. The maximum absolute atomic E-state index is 11.9. The number of nitrogens with zero attached hydrogens (tertiary/aromatic N) is 1. The van der Waals surface area contributed by atoms with E-state index in [4.69, 9.17) is 0 Å². The van der Waals surface area contributed by atoms with Gasteiger partial charge in [0.05, 0.1) is 16.0 Å². The molecule has 0 aliphatic rings. The number of thiazole rings is 1. The average molecular weight is 294 g/mol. The van der Waals surface area contributed by atoms with E-state index in [1.165, 1.54) is 11.3 Å². The summed E-state index contributed by atoms with van der Waals surface area (Å²) >= 11 is 3.16. The number of para-hydroxylation sites is 1. The van der Waals surface area contributed by atoms with Crippen LogP contribution >= 0.6 is 23.1 Å². The molecular formula is C14H18N2OS2. The highest BCUT2D eigenvalue weighted by Gasteiger charge is 2.14. The Bertz CT molecular complexity index is 599. The summed E-state index contributed by atoms with van der Waals surface area (Å²) in [5.74, 6) is 0.468. The minimum atomic E-state index is 0.0108. The van der Waals surface area contributed by atoms with Crippen LogP contribution in [-0.4, -0.2) is 21.4 Å². The number of aryl methyl sites for hydroxylation is 1. The topological polar surface area (TPSA) is 42.0 Å². The average Bonchev–Trinajstić information content (AvgIpc) is 2.69. The second kappa shape index (κ2) is 5.51. The van der Waals surface area contributed by atoms with E-state index >= 15 is 0 Å². The van der Waals surface area contributed by atoms with Crippen LogP contribution in [0.2, 0.25) is 0 Å². The van der Waals surface area contributed by atoms with Crippen LogP contribution in [0.4, 0.5) is 5.13 Å². The first-order valence-corrected chi connectivity index (χ1v) is 7.95. The molecule has 1 aromatic carbocycles. The summed E-state index contributed by atoms with van der Waals surface area (Å²) in [7, 11) is 0. The van der Waals surface area contributed by atoms with E-state index < -0.39 is 0 Å². The van der Waals surface area contributed by atoms with E-state index in [2.05, 4.69) is 31.1 Å². The summed E-state index contributed by atoms with van der Waals surface area (Å²) < 4.78 is 1.21. The Morgan fingerprint density at radius 2 is 2.16 bits per heavy atom. The van der Waals surface area contributed by atoms with E-state index in [-0.39, 0.29) is 10.7 Å². The zero-order chi connectivity index (χ0) is 14.0. The third kappa shape index (κ3) is 3.94. The molecule has 102 valence electrons. The van der Waals surface area contributed by atoms with Crippen molar-refractivity contribution in [3.05, 3.63) is 23.8 Å². The van der Waals surface area contributed by atoms with Gasteiger partial charge < -0.3 is 5.32 Å². The van der Waals surface area contributed by atoms with Crippen LogP contribution < -0.4 is 5.32 Å². The number of carbonyl (C=O) groups is 1. The number of carbonyl (C=O) groups excluding carboxylic acids is 1. The van der Waals surface area contributed by atoms with Crippen molar-refractivity contribution < 1.29 is 4.79 Å². The fourth-order valence-corrected chi connectivity index (χ4v) is 3.17. The molecule has 2 aromatic rings. The third-order valence-corrected chi connectivity index (χ3v) is 4.71. The zero-order valence-electron chi connectivity index (χ0n) is 11.6. The van der Waals surface area contributed by atoms with Crippen LogP contribution in [-0.2, 0) is 4.79 Å². The third-order valence-electron chi connectivity index (χ3n) is 2.50. The first kappa shape index (κ1) is 14.3. The molecule has 1 N–H and O–H groups in total. The lowest BCUT2D eigenvalue weighted by molar-refractivity contribution is -0.113. The first-order valence-electron chi connectivity index (χ1n) is 6.15. The zero-order valence-corrected chi connectivity index (χ0v) is 13.2. The fraction of sp³-hybridized carbons (Fsp3) is 0.429. The van der Waals surface area contributed by atoms with Gasteiger partial charge in [0.2, 0.25) is 5.91 Å². The maximum Gasteiger partial charge on any atom is 0.236 e. The van der Waals surface area contributed by atoms with Crippen LogP contribution in [0, 0.1) is 6.92 Å². The molecule has 1 amide bonds. The molecule has 0 unspecified atom stereocenters. The van der Waals surface area contributed by atoms with Crippen molar-refractivity contribution in [3.8, 4) is 0 Å². The minimum absolute atomic E-state index is 0.0108. The highest BCUT2D eigenvalue weighted by Crippen LogP contribution is 2.28. The molecule has 0 bridgehead atoms. The predicted octanol–water partition coefficient (Wildman–Crippen LogP) is 4.07. The van der Waals surface area contributed by atoms with Crippen molar-refractivity contribution in [3.63, 3.8) is 0 Å². The van der Waals surface area contributed by atoms with Crippen molar-refractivity contribution in [2.24, 2.45) is 0 Å². The van der Waals surface area contributed by atoms with E-state index in [0.717, 1.165) is 15.8 Å². The van der Waals surface area contributed by atoms with Gasteiger partial charge in [-0.2, -0.15) is 0 Å². The van der Waals surface area contributed by atoms with Crippen LogP contribution in [0.3, 0.4) is 0 Å². The number of hydrogen-bond donors (Lipinski definition) is 1. The predicted molar refractivity (Wildman–Crippen MR) is 85.2 cm³/mol. The summed E-state index contributed by atoms with van der Waals surface area (Å²) in [6.45, 7) is 8.34. The summed E-state index contributed by atoms with van der Waals surface area (Å²) in [6.07, 6.45) is 0. The number of benzene rings is 1. The quantitative estimate of drug-likeness (QED) is 0.927. The Balaban J connectivity index is 2.05. The first-order chi connectivity index (χ1) is 8.85. The van der Waals surface area contributed by atoms with Crippen LogP contribution in [0.25, 0.3) is 10.2 Å². The van der Waals surface area contributed by atoms with E-state index in [0.29, 0.717) is 10.9 Å². The Hall–Kier alpha value is -1.07. The molecule has 0 aliphatic heterocycles. The largest absolute Gasteiger partial charge is 0.301 e. The van der Waals surface area contributed by atoms with Crippen molar-refractivity contribution in [1.29, 1.82) is 0 Å². The number of rotatable bonds is 3. The van der Waals surface area contributed by atoms with Gasteiger partial charge >= 0.3 is 0 Å². The van der Waals surface area contributed by atoms with Gasteiger partial charge in [-0.05, 0) is 18.6 Å². The number of thioether (sulfide) groups is 1. The second-order valence-electron chi connectivity index (χ2n) is 5.39. The summed E-state index contributed by atoms with van der Waals surface area (Å²) in [4.78, 5) is 16.3. The summed E-state index contributed by atoms with van der Waals surface area (Å²) in [5.41, 5.74) is 2.12. The summed E-state index contributed by atoms with van der Waals surface area (Å²) in [5, 5.41) is 3.56. The Labute approximate surface area is 121 Å². The fourth-order valence-electron chi connectivity index (χ4n) is 1.58. The Morgan fingerprint density at radius 1 is 1.42 bits per heavy atom. The van der Waals surface area contributed by atoms with Crippen LogP contribution in [0.1, 0.15) is 26.3 Å². The van der Waals surface area contributed by atoms with Crippen LogP contribution in [0.5, 0.6) is 0 Å². The van der Waals surface area contributed by atoms with Crippen molar-refractivity contribution in [1.82, 2.24) is 4.98 Å². The van der Waals surface area contributed by atoms with Gasteiger partial charge in [0.15, 0.2) is 5.13 Å². The molecule has 0 aliphatic carbocycles. The van der Waals surface area contributed by atoms with Gasteiger partial charge in [-0.15, -0.1) is 11.8 Å². The van der Waals surface area contributed by atoms with Gasteiger partial charge in [-0.25, -0.2) is 4.98 Å². The lowest BCUT2D eigenvalue weighted by atomic mass is 10.2. The van der Waals surface area contributed by atoms with E-state index in [1.54, 1.807) is 11.8 Å². The monoisotopic (exact) mass is 294 g/mol. The normalized spacial score (nSPS) is 11.8. The number of nitrogens with one attached hydrogen (secondary N) is 1. The molecule has 1 heterocycles. The summed E-state index contributed by atoms with van der Waals surface area (Å²) in [6, 6.07) is 6.07. The molecule has 5 heteroatoms. The van der Waals surface area contributed by atoms with Crippen molar-refractivity contribution in [2.45, 2.75) is 32.4 Å². The van der Waals surface area contributed by atoms with Gasteiger partial charge in [0.1, 0.15) is 0 Å². The molecular weight excluding hydrogens is 276 g/mol. The Kier molecular flexibility index (Phi) is 4.16. The van der Waals surface area contributed by atoms with E-state index in [9.17, 15) is 4.79 Å². The lowest BCUT2D eigenvalue weighted by Crippen LogP contribution is -2.18. The highest BCUT2D eigenvalue weighted by molar-refractivity contribution is 8.01. The second-order valence-corrected chi connectivity index (χ2v) is 8.22. The maximum atomic E-state index is 11.9. The SMILES string of the molecule is Cc1cccc2sc(NC(=O)CSC(C)(C)C)nc12. The molecule has 3 nitrogen and oxygen atoms in total. The van der Waals surface area contributed by atoms with Gasteiger partial charge in [-0.3, -0.25) is 4.79 Å². The molecule has 2 rings (SSSR count). The Morgan fingerprint density at radius 3 is 2.79 bits per heavy atom. The number of fused-ring (bicyclic) bond motifs is 1. The van der Waals surface area contributed by atoms with E-state index in [1.807, 2.05) is 25.1 Å². The number of hydrogen-bond acceptors (Lipinski definition) is 4. The van der Waals surface area contributed by atoms with Crippen molar-refractivity contribution in [2.75, 3.05) is 11.1 Å². The van der Waals surface area contributed by atoms with Gasteiger partial charge in [0, 0.05) is 4.75 Å². The van der Waals surface area contributed by atoms with Gasteiger partial charge in [0.25, 0.3) is 0 Å². The highest BCUT2D eigenvalue weighted by atomic mass is 32.2. The number of anilines is 1. The standard InChI is InChI=1S/C14H18N2OS2/c1-9-6-5-7-10-12(9)16-13(19-10)15-11(17)8-18-14(2,3)4/h5-7H,8H2,1-4H3,(H,15,16,17). The molecule has 1 aromatic heterocycles. The molecule has 0 saturated carbocycles. The molecule has 0 saturated heterocycles. The smallest absolute Gasteiger partial charge is 0.236 e. The number of amides is 1.